The Morgan fingerprint density at radius 1 is 1.60 bits per heavy atom. The maximum Gasteiger partial charge on any atom is 0.219 e. The molecule has 0 aromatic heterocycles. The molecule has 0 aromatic carbocycles. The quantitative estimate of drug-likeness (QED) is 0.529. The first kappa shape index (κ1) is 12.2. The maximum absolute atomic E-state index is 10.7. The molecule has 1 atom stereocenters. The van der Waals surface area contributed by atoms with Gasteiger partial charge in [0.15, 0.2) is 0 Å². The zero-order chi connectivity index (χ0) is 11.1. The zero-order valence-electron chi connectivity index (χ0n) is 9.17. The average Bonchev–Trinajstić information content (AvgIpc) is 2.68. The van der Waals surface area contributed by atoms with E-state index in [2.05, 4.69) is 11.4 Å². The van der Waals surface area contributed by atoms with Gasteiger partial charge in [0.1, 0.15) is 0 Å². The van der Waals surface area contributed by atoms with Gasteiger partial charge in [-0.3, -0.25) is 4.79 Å². The standard InChI is InChI=1S/C11H21N3O/c12-8-10(7-11(13)15)14-6-5-9-3-1-2-4-9/h3,10,14H,1-2,4-8,12H2,(H2,13,15). The molecule has 0 radical (unpaired) electrons. The molecule has 4 nitrogen and oxygen atoms in total. The third-order valence-corrected chi connectivity index (χ3v) is 2.75. The minimum absolute atomic E-state index is 0.0319. The van der Waals surface area contributed by atoms with Gasteiger partial charge in [-0.05, 0) is 32.2 Å². The van der Waals surface area contributed by atoms with Crippen LogP contribution in [0.1, 0.15) is 32.1 Å². The lowest BCUT2D eigenvalue weighted by Gasteiger charge is -2.15. The van der Waals surface area contributed by atoms with Gasteiger partial charge in [0.2, 0.25) is 5.91 Å². The van der Waals surface area contributed by atoms with Gasteiger partial charge in [-0.1, -0.05) is 11.6 Å². The van der Waals surface area contributed by atoms with Crippen LogP contribution in [-0.2, 0) is 4.79 Å². The van der Waals surface area contributed by atoms with E-state index in [4.69, 9.17) is 11.5 Å². The van der Waals surface area contributed by atoms with Crippen LogP contribution in [0.5, 0.6) is 0 Å². The molecule has 1 unspecified atom stereocenters. The average molecular weight is 211 g/mol. The molecule has 1 amide bonds. The van der Waals surface area contributed by atoms with Crippen LogP contribution < -0.4 is 16.8 Å². The number of nitrogens with two attached hydrogens (primary N) is 2. The van der Waals surface area contributed by atoms with Crippen molar-refractivity contribution in [2.75, 3.05) is 13.1 Å². The molecule has 0 fully saturated rings. The van der Waals surface area contributed by atoms with Crippen molar-refractivity contribution < 1.29 is 4.79 Å². The normalized spacial score (nSPS) is 17.5. The Morgan fingerprint density at radius 3 is 2.93 bits per heavy atom. The van der Waals surface area contributed by atoms with Gasteiger partial charge in [-0.15, -0.1) is 0 Å². The van der Waals surface area contributed by atoms with Crippen LogP contribution in [0.3, 0.4) is 0 Å². The SMILES string of the molecule is NCC(CC(N)=O)NCCC1=CCCC1. The number of primary amides is 1. The van der Waals surface area contributed by atoms with Crippen molar-refractivity contribution in [1.29, 1.82) is 0 Å². The first-order valence-corrected chi connectivity index (χ1v) is 5.62. The summed E-state index contributed by atoms with van der Waals surface area (Å²) in [5, 5.41) is 3.26. The molecular formula is C11H21N3O. The van der Waals surface area contributed by atoms with Crippen molar-refractivity contribution in [2.45, 2.75) is 38.1 Å². The summed E-state index contributed by atoms with van der Waals surface area (Å²) < 4.78 is 0. The number of allylic oxidation sites excluding steroid dienone is 1. The number of nitrogens with one attached hydrogen (secondary N) is 1. The van der Waals surface area contributed by atoms with Gasteiger partial charge >= 0.3 is 0 Å². The van der Waals surface area contributed by atoms with Gasteiger partial charge in [0.25, 0.3) is 0 Å². The number of hydrogen-bond donors (Lipinski definition) is 3. The Balaban J connectivity index is 2.13. The van der Waals surface area contributed by atoms with Crippen molar-refractivity contribution in [3.8, 4) is 0 Å². The Morgan fingerprint density at radius 2 is 2.40 bits per heavy atom. The Labute approximate surface area is 91.1 Å². The highest BCUT2D eigenvalue weighted by molar-refractivity contribution is 5.74. The van der Waals surface area contributed by atoms with E-state index in [-0.39, 0.29) is 11.9 Å². The van der Waals surface area contributed by atoms with Crippen LogP contribution in [0.15, 0.2) is 11.6 Å². The second-order valence-corrected chi connectivity index (χ2v) is 4.06. The number of carbonyl (C=O) groups is 1. The molecule has 0 bridgehead atoms. The number of rotatable bonds is 7. The largest absolute Gasteiger partial charge is 0.370 e. The van der Waals surface area contributed by atoms with E-state index in [0.29, 0.717) is 13.0 Å². The number of hydrogen-bond acceptors (Lipinski definition) is 3. The molecule has 1 rings (SSSR count). The van der Waals surface area contributed by atoms with Crippen molar-refractivity contribution in [2.24, 2.45) is 11.5 Å². The van der Waals surface area contributed by atoms with Crippen molar-refractivity contribution in [3.05, 3.63) is 11.6 Å². The molecule has 0 spiro atoms. The Kier molecular flexibility index (Phi) is 5.36. The fourth-order valence-electron chi connectivity index (χ4n) is 1.88. The lowest BCUT2D eigenvalue weighted by molar-refractivity contribution is -0.118. The monoisotopic (exact) mass is 211 g/mol. The van der Waals surface area contributed by atoms with E-state index in [0.717, 1.165) is 13.0 Å². The molecule has 0 saturated heterocycles. The predicted molar refractivity (Wildman–Crippen MR) is 61.2 cm³/mol. The van der Waals surface area contributed by atoms with Crippen molar-refractivity contribution in [1.82, 2.24) is 5.32 Å². The minimum atomic E-state index is -0.293. The fourth-order valence-corrected chi connectivity index (χ4v) is 1.88. The van der Waals surface area contributed by atoms with Crippen LogP contribution in [0, 0.1) is 0 Å². The summed E-state index contributed by atoms with van der Waals surface area (Å²) in [6.45, 7) is 1.35. The van der Waals surface area contributed by atoms with Crippen LogP contribution in [0.4, 0.5) is 0 Å². The Bertz CT molecular complexity index is 238. The molecule has 0 aliphatic heterocycles. The topological polar surface area (TPSA) is 81.1 Å². The van der Waals surface area contributed by atoms with Crippen molar-refractivity contribution >= 4 is 5.91 Å². The molecular weight excluding hydrogens is 190 g/mol. The molecule has 5 N–H and O–H groups in total. The van der Waals surface area contributed by atoms with Gasteiger partial charge in [-0.25, -0.2) is 0 Å². The molecule has 0 saturated carbocycles. The summed E-state index contributed by atoms with van der Waals surface area (Å²) in [5.41, 5.74) is 12.2. The highest BCUT2D eigenvalue weighted by Gasteiger charge is 2.10. The minimum Gasteiger partial charge on any atom is -0.370 e. The molecule has 15 heavy (non-hydrogen) atoms. The lowest BCUT2D eigenvalue weighted by atomic mass is 10.1. The second kappa shape index (κ2) is 6.58. The predicted octanol–water partition coefficient (Wildman–Crippen LogP) is 0.279. The first-order chi connectivity index (χ1) is 7.22. The van der Waals surface area contributed by atoms with E-state index in [1.54, 1.807) is 0 Å². The molecule has 0 aromatic rings. The van der Waals surface area contributed by atoms with E-state index < -0.39 is 0 Å². The number of amides is 1. The van der Waals surface area contributed by atoms with E-state index in [1.165, 1.54) is 24.8 Å². The van der Waals surface area contributed by atoms with Crippen LogP contribution in [-0.4, -0.2) is 25.0 Å². The summed E-state index contributed by atoms with van der Waals surface area (Å²) in [6, 6.07) is 0.0319. The van der Waals surface area contributed by atoms with Gasteiger partial charge in [-0.2, -0.15) is 0 Å². The molecule has 1 aliphatic rings. The third kappa shape index (κ3) is 4.95. The highest BCUT2D eigenvalue weighted by atomic mass is 16.1. The van der Waals surface area contributed by atoms with Crippen molar-refractivity contribution in [3.63, 3.8) is 0 Å². The first-order valence-electron chi connectivity index (χ1n) is 5.62. The summed E-state index contributed by atoms with van der Waals surface area (Å²) in [6.07, 6.45) is 7.44. The Hall–Kier alpha value is -0.870. The molecule has 0 heterocycles. The van der Waals surface area contributed by atoms with Crippen LogP contribution >= 0.6 is 0 Å². The molecule has 4 heteroatoms. The molecule has 1 aliphatic carbocycles. The second-order valence-electron chi connectivity index (χ2n) is 4.06. The van der Waals surface area contributed by atoms with E-state index in [1.807, 2.05) is 0 Å². The van der Waals surface area contributed by atoms with E-state index >= 15 is 0 Å². The van der Waals surface area contributed by atoms with Crippen LogP contribution in [0.2, 0.25) is 0 Å². The molecule has 86 valence electrons. The number of carbonyl (C=O) groups excluding carboxylic acids is 1. The fraction of sp³-hybridized carbons (Fsp3) is 0.727. The smallest absolute Gasteiger partial charge is 0.219 e. The zero-order valence-corrected chi connectivity index (χ0v) is 9.17. The van der Waals surface area contributed by atoms with Crippen LogP contribution in [0.25, 0.3) is 0 Å². The maximum atomic E-state index is 10.7. The summed E-state index contributed by atoms with van der Waals surface area (Å²) in [5.74, 6) is -0.293. The lowest BCUT2D eigenvalue weighted by Crippen LogP contribution is -2.39. The third-order valence-electron chi connectivity index (χ3n) is 2.75. The summed E-state index contributed by atoms with van der Waals surface area (Å²) in [4.78, 5) is 10.7. The van der Waals surface area contributed by atoms with Gasteiger partial charge in [0, 0.05) is 19.0 Å². The highest BCUT2D eigenvalue weighted by Crippen LogP contribution is 2.19. The summed E-state index contributed by atoms with van der Waals surface area (Å²) >= 11 is 0. The summed E-state index contributed by atoms with van der Waals surface area (Å²) in [7, 11) is 0. The van der Waals surface area contributed by atoms with E-state index in [9.17, 15) is 4.79 Å². The van der Waals surface area contributed by atoms with Gasteiger partial charge in [0.05, 0.1) is 0 Å². The van der Waals surface area contributed by atoms with Gasteiger partial charge < -0.3 is 16.8 Å².